The molecule has 2 unspecified atom stereocenters. The molecule has 2 aromatic rings. The highest BCUT2D eigenvalue weighted by Crippen LogP contribution is 2.36. The van der Waals surface area contributed by atoms with Gasteiger partial charge in [0.15, 0.2) is 23.4 Å². The number of morpholine rings is 1. The smallest absolute Gasteiger partial charge is 0.197 e. The highest BCUT2D eigenvalue weighted by Gasteiger charge is 2.29. The lowest BCUT2D eigenvalue weighted by atomic mass is 10.0. The van der Waals surface area contributed by atoms with E-state index in [2.05, 4.69) is 5.32 Å². The Bertz CT molecular complexity index is 659. The van der Waals surface area contributed by atoms with E-state index < -0.39 is 11.9 Å². The minimum absolute atomic E-state index is 0.138. The molecular formula is C20H24FNO3. The largest absolute Gasteiger partial charge is 0.490 e. The van der Waals surface area contributed by atoms with Crippen LogP contribution in [0.4, 0.5) is 4.39 Å². The molecule has 0 bridgehead atoms. The molecule has 0 amide bonds. The molecule has 134 valence electrons. The monoisotopic (exact) mass is 345 g/mol. The van der Waals surface area contributed by atoms with E-state index in [-0.39, 0.29) is 11.9 Å². The lowest BCUT2D eigenvalue weighted by Gasteiger charge is -2.32. The van der Waals surface area contributed by atoms with Gasteiger partial charge in [-0.1, -0.05) is 43.3 Å². The van der Waals surface area contributed by atoms with Gasteiger partial charge in [-0.3, -0.25) is 0 Å². The standard InChI is InChI=1S/C20H24FNO3/c1-2-12-23-17-10-6-9-16(21)20(17)25-19(15-7-4-3-5-8-15)18-14-22-11-13-24-18/h3-10,18-19,22H,2,11-14H2,1H3. The fraction of sp³-hybridized carbons (Fsp3) is 0.400. The summed E-state index contributed by atoms with van der Waals surface area (Å²) in [6.07, 6.45) is 0.220. The van der Waals surface area contributed by atoms with Crippen molar-refractivity contribution in [2.24, 2.45) is 0 Å². The minimum Gasteiger partial charge on any atom is -0.490 e. The average molecular weight is 345 g/mol. The molecule has 1 aliphatic heterocycles. The summed E-state index contributed by atoms with van der Waals surface area (Å²) in [5.74, 6) is 0.129. The molecule has 25 heavy (non-hydrogen) atoms. The third-order valence-electron chi connectivity index (χ3n) is 4.06. The second-order valence-electron chi connectivity index (χ2n) is 5.98. The molecule has 2 aromatic carbocycles. The Morgan fingerprint density at radius 3 is 2.76 bits per heavy atom. The van der Waals surface area contributed by atoms with Gasteiger partial charge in [-0.2, -0.15) is 0 Å². The van der Waals surface area contributed by atoms with Gasteiger partial charge in [-0.15, -0.1) is 0 Å². The number of hydrogen-bond acceptors (Lipinski definition) is 4. The number of ether oxygens (including phenoxy) is 3. The summed E-state index contributed by atoms with van der Waals surface area (Å²) in [6.45, 7) is 4.58. The van der Waals surface area contributed by atoms with Crippen LogP contribution in [0.15, 0.2) is 48.5 Å². The van der Waals surface area contributed by atoms with Crippen molar-refractivity contribution < 1.29 is 18.6 Å². The second-order valence-corrected chi connectivity index (χ2v) is 5.98. The van der Waals surface area contributed by atoms with Crippen molar-refractivity contribution in [2.75, 3.05) is 26.3 Å². The molecule has 3 rings (SSSR count). The van der Waals surface area contributed by atoms with Crippen LogP contribution < -0.4 is 14.8 Å². The normalized spacial score (nSPS) is 18.6. The molecule has 2 atom stereocenters. The molecule has 0 radical (unpaired) electrons. The number of rotatable bonds is 7. The molecule has 1 N–H and O–H groups in total. The highest BCUT2D eigenvalue weighted by atomic mass is 19.1. The summed E-state index contributed by atoms with van der Waals surface area (Å²) in [5.41, 5.74) is 0.945. The molecule has 0 saturated carbocycles. The Morgan fingerprint density at radius 2 is 2.04 bits per heavy atom. The van der Waals surface area contributed by atoms with Crippen LogP contribution in [0.3, 0.4) is 0 Å². The van der Waals surface area contributed by atoms with E-state index in [0.717, 1.165) is 18.5 Å². The summed E-state index contributed by atoms with van der Waals surface area (Å²) < 4.78 is 32.1. The zero-order valence-corrected chi connectivity index (χ0v) is 14.4. The van der Waals surface area contributed by atoms with Gasteiger partial charge in [-0.05, 0) is 24.1 Å². The first-order valence-electron chi connectivity index (χ1n) is 8.75. The highest BCUT2D eigenvalue weighted by molar-refractivity contribution is 5.41. The van der Waals surface area contributed by atoms with Crippen LogP contribution in [0.1, 0.15) is 25.0 Å². The van der Waals surface area contributed by atoms with Crippen LogP contribution in [0, 0.1) is 5.82 Å². The summed E-state index contributed by atoms with van der Waals surface area (Å²) in [4.78, 5) is 0. The van der Waals surface area contributed by atoms with Crippen molar-refractivity contribution in [1.29, 1.82) is 0 Å². The Balaban J connectivity index is 1.90. The molecule has 1 fully saturated rings. The molecule has 0 spiro atoms. The van der Waals surface area contributed by atoms with E-state index in [1.165, 1.54) is 6.07 Å². The number of hydrogen-bond donors (Lipinski definition) is 1. The molecule has 1 aliphatic rings. The van der Waals surface area contributed by atoms with Crippen molar-refractivity contribution in [2.45, 2.75) is 25.6 Å². The van der Waals surface area contributed by atoms with E-state index in [0.29, 0.717) is 25.5 Å². The zero-order valence-electron chi connectivity index (χ0n) is 14.4. The lowest BCUT2D eigenvalue weighted by Crippen LogP contribution is -2.43. The van der Waals surface area contributed by atoms with Crippen LogP contribution >= 0.6 is 0 Å². The maximum atomic E-state index is 14.5. The van der Waals surface area contributed by atoms with Gasteiger partial charge < -0.3 is 19.5 Å². The first-order chi connectivity index (χ1) is 12.3. The summed E-state index contributed by atoms with van der Waals surface area (Å²) >= 11 is 0. The molecule has 0 aliphatic carbocycles. The predicted octanol–water partition coefficient (Wildman–Crippen LogP) is 3.72. The molecule has 5 heteroatoms. The molecule has 0 aromatic heterocycles. The Labute approximate surface area is 147 Å². The van der Waals surface area contributed by atoms with E-state index in [1.807, 2.05) is 37.3 Å². The van der Waals surface area contributed by atoms with Gasteiger partial charge in [0.25, 0.3) is 0 Å². The Morgan fingerprint density at radius 1 is 1.20 bits per heavy atom. The third kappa shape index (κ3) is 4.50. The van der Waals surface area contributed by atoms with E-state index in [9.17, 15) is 4.39 Å². The zero-order chi connectivity index (χ0) is 17.5. The van der Waals surface area contributed by atoms with E-state index in [4.69, 9.17) is 14.2 Å². The quantitative estimate of drug-likeness (QED) is 0.830. The molecule has 4 nitrogen and oxygen atoms in total. The van der Waals surface area contributed by atoms with Crippen LogP contribution in [0.25, 0.3) is 0 Å². The summed E-state index contributed by atoms with van der Waals surface area (Å²) in [6, 6.07) is 14.5. The van der Waals surface area contributed by atoms with Gasteiger partial charge in [0.1, 0.15) is 6.10 Å². The first kappa shape index (κ1) is 17.7. The second kappa shape index (κ2) is 8.83. The lowest BCUT2D eigenvalue weighted by molar-refractivity contribution is -0.0450. The van der Waals surface area contributed by atoms with Crippen molar-refractivity contribution in [3.8, 4) is 11.5 Å². The van der Waals surface area contributed by atoms with E-state index in [1.54, 1.807) is 12.1 Å². The molecule has 1 saturated heterocycles. The van der Waals surface area contributed by atoms with Crippen LogP contribution in [-0.2, 0) is 4.74 Å². The average Bonchev–Trinajstić information content (AvgIpc) is 2.67. The van der Waals surface area contributed by atoms with Crippen molar-refractivity contribution in [3.05, 3.63) is 59.9 Å². The maximum absolute atomic E-state index is 14.5. The van der Waals surface area contributed by atoms with Gasteiger partial charge in [0, 0.05) is 13.1 Å². The van der Waals surface area contributed by atoms with Crippen LogP contribution in [0.2, 0.25) is 0 Å². The fourth-order valence-corrected chi connectivity index (χ4v) is 2.84. The summed E-state index contributed by atoms with van der Waals surface area (Å²) in [5, 5.41) is 3.30. The van der Waals surface area contributed by atoms with Gasteiger partial charge in [0.2, 0.25) is 0 Å². The van der Waals surface area contributed by atoms with Crippen LogP contribution in [0.5, 0.6) is 11.5 Å². The Kier molecular flexibility index (Phi) is 6.25. The number of para-hydroxylation sites is 1. The maximum Gasteiger partial charge on any atom is 0.197 e. The summed E-state index contributed by atoms with van der Waals surface area (Å²) in [7, 11) is 0. The Hall–Kier alpha value is -2.11. The van der Waals surface area contributed by atoms with Gasteiger partial charge in [-0.25, -0.2) is 4.39 Å². The molecular weight excluding hydrogens is 321 g/mol. The SMILES string of the molecule is CCCOc1cccc(F)c1OC(c1ccccc1)C1CNCCO1. The van der Waals surface area contributed by atoms with Crippen molar-refractivity contribution >= 4 is 0 Å². The topological polar surface area (TPSA) is 39.7 Å². The van der Waals surface area contributed by atoms with Crippen LogP contribution in [-0.4, -0.2) is 32.4 Å². The van der Waals surface area contributed by atoms with Gasteiger partial charge in [0.05, 0.1) is 13.2 Å². The number of halogens is 1. The van der Waals surface area contributed by atoms with Crippen molar-refractivity contribution in [3.63, 3.8) is 0 Å². The van der Waals surface area contributed by atoms with Gasteiger partial charge >= 0.3 is 0 Å². The van der Waals surface area contributed by atoms with E-state index >= 15 is 0 Å². The first-order valence-corrected chi connectivity index (χ1v) is 8.75. The predicted molar refractivity (Wildman–Crippen MR) is 94.6 cm³/mol. The van der Waals surface area contributed by atoms with Crippen molar-refractivity contribution in [1.82, 2.24) is 5.32 Å². The minimum atomic E-state index is -0.432. The molecule has 1 heterocycles. The third-order valence-corrected chi connectivity index (χ3v) is 4.06. The fourth-order valence-electron chi connectivity index (χ4n) is 2.84. The number of nitrogens with one attached hydrogen (secondary N) is 1. The number of benzene rings is 2.